The lowest BCUT2D eigenvalue weighted by molar-refractivity contribution is 0.636. The average Bonchev–Trinajstić information content (AvgIpc) is 2.64. The molecule has 0 aromatic heterocycles. The standard InChI is InChI=1S/C24H21N/c1-24(2)20-10-6-7-11-21(20)25(3)22-13-12-18-14-16-8-4-5-9-17(16)15-19(18)23(22)24/h4-15H,1-3H3. The Morgan fingerprint density at radius 1 is 0.680 bits per heavy atom. The average molecular weight is 323 g/mol. The van der Waals surface area contributed by atoms with Crippen LogP contribution in [-0.4, -0.2) is 7.05 Å². The molecule has 0 saturated heterocycles. The number of benzene rings is 4. The van der Waals surface area contributed by atoms with Gasteiger partial charge in [0.2, 0.25) is 0 Å². The van der Waals surface area contributed by atoms with E-state index in [4.69, 9.17) is 0 Å². The third kappa shape index (κ3) is 1.90. The van der Waals surface area contributed by atoms with Crippen LogP contribution in [0.5, 0.6) is 0 Å². The van der Waals surface area contributed by atoms with Crippen LogP contribution in [0.25, 0.3) is 21.5 Å². The first-order valence-corrected chi connectivity index (χ1v) is 8.86. The Morgan fingerprint density at radius 3 is 2.16 bits per heavy atom. The first kappa shape index (κ1) is 14.5. The zero-order valence-electron chi connectivity index (χ0n) is 14.9. The topological polar surface area (TPSA) is 3.24 Å². The summed E-state index contributed by atoms with van der Waals surface area (Å²) in [4.78, 5) is 2.34. The fourth-order valence-electron chi connectivity index (χ4n) is 4.50. The Hall–Kier alpha value is -2.80. The third-order valence-corrected chi connectivity index (χ3v) is 5.79. The molecule has 0 saturated carbocycles. The van der Waals surface area contributed by atoms with E-state index in [1.54, 1.807) is 0 Å². The predicted octanol–water partition coefficient (Wildman–Crippen LogP) is 6.40. The molecule has 0 spiro atoms. The van der Waals surface area contributed by atoms with Crippen LogP contribution >= 0.6 is 0 Å². The Bertz CT molecular complexity index is 1140. The molecule has 0 radical (unpaired) electrons. The summed E-state index contributed by atoms with van der Waals surface area (Å²) in [7, 11) is 2.18. The number of hydrogen-bond acceptors (Lipinski definition) is 1. The molecule has 25 heavy (non-hydrogen) atoms. The van der Waals surface area contributed by atoms with Gasteiger partial charge >= 0.3 is 0 Å². The van der Waals surface area contributed by atoms with Gasteiger partial charge in [0.05, 0.1) is 0 Å². The van der Waals surface area contributed by atoms with Gasteiger partial charge in [0.15, 0.2) is 0 Å². The van der Waals surface area contributed by atoms with E-state index in [1.165, 1.54) is 44.0 Å². The summed E-state index contributed by atoms with van der Waals surface area (Å²) in [5.41, 5.74) is 5.41. The first-order chi connectivity index (χ1) is 12.1. The maximum absolute atomic E-state index is 2.37. The Kier molecular flexibility index (Phi) is 2.82. The minimum absolute atomic E-state index is 0.0274. The van der Waals surface area contributed by atoms with Gasteiger partial charge in [-0.25, -0.2) is 0 Å². The van der Waals surface area contributed by atoms with Crippen molar-refractivity contribution in [1.29, 1.82) is 0 Å². The van der Waals surface area contributed by atoms with Crippen LogP contribution in [0.1, 0.15) is 25.0 Å². The number of fused-ring (bicyclic) bond motifs is 5. The predicted molar refractivity (Wildman–Crippen MR) is 108 cm³/mol. The minimum Gasteiger partial charge on any atom is -0.344 e. The van der Waals surface area contributed by atoms with Crippen molar-refractivity contribution in [3.8, 4) is 0 Å². The van der Waals surface area contributed by atoms with E-state index >= 15 is 0 Å². The maximum Gasteiger partial charge on any atom is 0.0456 e. The van der Waals surface area contributed by atoms with E-state index in [0.717, 1.165) is 0 Å². The molecular weight excluding hydrogens is 302 g/mol. The molecule has 4 aromatic carbocycles. The van der Waals surface area contributed by atoms with Crippen LogP contribution < -0.4 is 4.90 Å². The molecule has 0 amide bonds. The van der Waals surface area contributed by atoms with Crippen molar-refractivity contribution in [2.24, 2.45) is 0 Å². The molecule has 0 fully saturated rings. The van der Waals surface area contributed by atoms with Crippen molar-refractivity contribution < 1.29 is 0 Å². The highest BCUT2D eigenvalue weighted by molar-refractivity contribution is 6.03. The number of para-hydroxylation sites is 1. The fraction of sp³-hybridized carbons (Fsp3) is 0.167. The van der Waals surface area contributed by atoms with E-state index in [1.807, 2.05) is 0 Å². The summed E-state index contributed by atoms with van der Waals surface area (Å²) < 4.78 is 0. The molecule has 5 rings (SSSR count). The van der Waals surface area contributed by atoms with Crippen LogP contribution in [-0.2, 0) is 5.41 Å². The van der Waals surface area contributed by atoms with Crippen LogP contribution in [0.3, 0.4) is 0 Å². The summed E-state index contributed by atoms with van der Waals surface area (Å²) in [5.74, 6) is 0. The van der Waals surface area contributed by atoms with E-state index < -0.39 is 0 Å². The van der Waals surface area contributed by atoms with Crippen LogP contribution in [0.2, 0.25) is 0 Å². The fourth-order valence-corrected chi connectivity index (χ4v) is 4.50. The van der Waals surface area contributed by atoms with Crippen molar-refractivity contribution in [3.05, 3.63) is 83.9 Å². The lowest BCUT2D eigenvalue weighted by Crippen LogP contribution is -2.31. The quantitative estimate of drug-likeness (QED) is 0.338. The monoisotopic (exact) mass is 323 g/mol. The van der Waals surface area contributed by atoms with Gasteiger partial charge in [-0.05, 0) is 56.9 Å². The van der Waals surface area contributed by atoms with Gasteiger partial charge in [-0.1, -0.05) is 62.4 Å². The van der Waals surface area contributed by atoms with Crippen molar-refractivity contribution in [1.82, 2.24) is 0 Å². The second-order valence-corrected chi connectivity index (χ2v) is 7.58. The maximum atomic E-state index is 2.37. The van der Waals surface area contributed by atoms with Crippen LogP contribution in [0, 0.1) is 0 Å². The summed E-state index contributed by atoms with van der Waals surface area (Å²) in [6.07, 6.45) is 0. The molecule has 0 atom stereocenters. The highest BCUT2D eigenvalue weighted by atomic mass is 15.1. The van der Waals surface area contributed by atoms with Gasteiger partial charge in [0, 0.05) is 23.8 Å². The Labute approximate surface area is 148 Å². The van der Waals surface area contributed by atoms with Crippen LogP contribution in [0.4, 0.5) is 11.4 Å². The number of hydrogen-bond donors (Lipinski definition) is 0. The third-order valence-electron chi connectivity index (χ3n) is 5.79. The van der Waals surface area contributed by atoms with Crippen molar-refractivity contribution in [2.75, 3.05) is 11.9 Å². The molecule has 1 aliphatic heterocycles. The molecule has 0 unspecified atom stereocenters. The highest BCUT2D eigenvalue weighted by Crippen LogP contribution is 2.50. The number of rotatable bonds is 0. The molecule has 0 bridgehead atoms. The van der Waals surface area contributed by atoms with E-state index in [-0.39, 0.29) is 5.41 Å². The Morgan fingerprint density at radius 2 is 1.36 bits per heavy atom. The lowest BCUT2D eigenvalue weighted by atomic mass is 9.72. The molecule has 1 heterocycles. The molecule has 1 nitrogen and oxygen atoms in total. The molecule has 1 heteroatoms. The molecule has 4 aromatic rings. The summed E-state index contributed by atoms with van der Waals surface area (Å²) >= 11 is 0. The Balaban J connectivity index is 1.92. The largest absolute Gasteiger partial charge is 0.344 e. The van der Waals surface area contributed by atoms with Gasteiger partial charge in [0.25, 0.3) is 0 Å². The smallest absolute Gasteiger partial charge is 0.0456 e. The zero-order valence-corrected chi connectivity index (χ0v) is 14.9. The minimum atomic E-state index is -0.0274. The zero-order chi connectivity index (χ0) is 17.2. The molecule has 1 aliphatic rings. The molecule has 122 valence electrons. The second-order valence-electron chi connectivity index (χ2n) is 7.58. The van der Waals surface area contributed by atoms with Gasteiger partial charge in [-0.2, -0.15) is 0 Å². The second kappa shape index (κ2) is 4.86. The van der Waals surface area contributed by atoms with Gasteiger partial charge < -0.3 is 4.90 Å². The van der Waals surface area contributed by atoms with Gasteiger partial charge in [-0.3, -0.25) is 0 Å². The number of nitrogens with zero attached hydrogens (tertiary/aromatic N) is 1. The van der Waals surface area contributed by atoms with E-state index in [9.17, 15) is 0 Å². The number of anilines is 2. The molecule has 0 N–H and O–H groups in total. The highest BCUT2D eigenvalue weighted by Gasteiger charge is 2.36. The SMILES string of the molecule is CN1c2ccccc2C(C)(C)c2c1ccc1cc3ccccc3cc21. The molecular formula is C24H21N. The summed E-state index contributed by atoms with van der Waals surface area (Å²) in [6.45, 7) is 4.71. The van der Waals surface area contributed by atoms with Crippen LogP contribution in [0.15, 0.2) is 72.8 Å². The van der Waals surface area contributed by atoms with Crippen molar-refractivity contribution >= 4 is 32.9 Å². The van der Waals surface area contributed by atoms with Gasteiger partial charge in [-0.15, -0.1) is 0 Å². The van der Waals surface area contributed by atoms with Gasteiger partial charge in [0.1, 0.15) is 0 Å². The van der Waals surface area contributed by atoms with E-state index in [0.29, 0.717) is 0 Å². The lowest BCUT2D eigenvalue weighted by Gasteiger charge is -2.41. The normalized spacial score (nSPS) is 15.2. The van der Waals surface area contributed by atoms with Crippen molar-refractivity contribution in [3.63, 3.8) is 0 Å². The summed E-state index contributed by atoms with van der Waals surface area (Å²) in [5, 5.41) is 5.29. The first-order valence-electron chi connectivity index (χ1n) is 8.86. The van der Waals surface area contributed by atoms with Crippen molar-refractivity contribution in [2.45, 2.75) is 19.3 Å². The molecule has 0 aliphatic carbocycles. The summed E-state index contributed by atoms with van der Waals surface area (Å²) in [6, 6.07) is 26.7. The van der Waals surface area contributed by atoms with E-state index in [2.05, 4.69) is 98.6 Å².